The highest BCUT2D eigenvalue weighted by molar-refractivity contribution is 5.86. The van der Waals surface area contributed by atoms with Gasteiger partial charge < -0.3 is 25.2 Å². The molecule has 0 rings (SSSR count). The minimum absolute atomic E-state index is 0.00778. The first-order valence-electron chi connectivity index (χ1n) is 10.3. The minimum Gasteiger partial charge on any atom is -0.463 e. The zero-order chi connectivity index (χ0) is 23.0. The molecule has 30 heavy (non-hydrogen) atoms. The van der Waals surface area contributed by atoms with Gasteiger partial charge in [0.1, 0.15) is 6.61 Å². The monoisotopic (exact) mass is 426 g/mol. The molecule has 0 radical (unpaired) electrons. The number of esters is 1. The number of amides is 2. The van der Waals surface area contributed by atoms with Crippen molar-refractivity contribution in [1.82, 2.24) is 10.6 Å². The molecule has 0 saturated carbocycles. The Morgan fingerprint density at radius 2 is 1.83 bits per heavy atom. The zero-order valence-electron chi connectivity index (χ0n) is 18.6. The predicted octanol–water partition coefficient (Wildman–Crippen LogP) is 1.73. The number of allylic oxidation sites excluding steroid dienone is 2. The summed E-state index contributed by atoms with van der Waals surface area (Å²) in [7, 11) is 0. The van der Waals surface area contributed by atoms with Crippen LogP contribution in [0.25, 0.3) is 0 Å². The zero-order valence-corrected chi connectivity index (χ0v) is 18.6. The molecule has 0 saturated heterocycles. The molecular weight excluding hydrogens is 388 g/mol. The summed E-state index contributed by atoms with van der Waals surface area (Å²) in [6, 6.07) is -0.403. The van der Waals surface area contributed by atoms with Crippen LogP contribution in [0.3, 0.4) is 0 Å². The van der Waals surface area contributed by atoms with Crippen LogP contribution in [0.1, 0.15) is 46.5 Å². The van der Waals surface area contributed by atoms with Gasteiger partial charge in [-0.3, -0.25) is 14.4 Å². The second kappa shape index (κ2) is 15.6. The smallest absolute Gasteiger partial charge is 0.306 e. The van der Waals surface area contributed by atoms with E-state index in [-0.39, 0.29) is 62.5 Å². The molecule has 8 nitrogen and oxygen atoms in total. The Bertz CT molecular complexity index is 556. The molecule has 0 spiro atoms. The van der Waals surface area contributed by atoms with Gasteiger partial charge in [0.25, 0.3) is 0 Å². The van der Waals surface area contributed by atoms with Crippen LogP contribution in [-0.2, 0) is 23.9 Å². The van der Waals surface area contributed by atoms with Gasteiger partial charge in [0.2, 0.25) is 11.8 Å². The van der Waals surface area contributed by atoms with Crippen molar-refractivity contribution in [2.24, 2.45) is 11.3 Å². The Labute approximate surface area is 180 Å². The van der Waals surface area contributed by atoms with Crippen molar-refractivity contribution in [1.29, 1.82) is 0 Å². The molecule has 0 unspecified atom stereocenters. The molecule has 0 aliphatic rings. The minimum atomic E-state index is -0.581. The normalized spacial score (nSPS) is 13.1. The number of rotatable bonds is 16. The SMILES string of the molecule is C=CCCC(=O)OC[C@@H](NC(=O)[C@@H](CC=C)CC(=O)NCCOCCO)C(C)(C)C. The van der Waals surface area contributed by atoms with Crippen molar-refractivity contribution in [3.8, 4) is 0 Å². The third kappa shape index (κ3) is 13.1. The van der Waals surface area contributed by atoms with Crippen molar-refractivity contribution in [3.63, 3.8) is 0 Å². The van der Waals surface area contributed by atoms with Gasteiger partial charge in [0, 0.05) is 19.4 Å². The lowest BCUT2D eigenvalue weighted by Crippen LogP contribution is -2.49. The lowest BCUT2D eigenvalue weighted by Gasteiger charge is -2.32. The van der Waals surface area contributed by atoms with E-state index >= 15 is 0 Å². The standard InChI is InChI=1S/C22H38N2O6/c1-6-8-10-20(27)30-16-18(22(3,4)5)24-21(28)17(9-7-2)15-19(26)23-11-13-29-14-12-25/h6-7,17-18,25H,1-2,8-16H2,3-5H3,(H,23,26)(H,24,28)/t17-,18+/m0/s1. The number of nitrogens with one attached hydrogen (secondary N) is 2. The second-order valence-corrected chi connectivity index (χ2v) is 8.05. The molecule has 0 bridgehead atoms. The molecule has 3 N–H and O–H groups in total. The van der Waals surface area contributed by atoms with Gasteiger partial charge in [-0.2, -0.15) is 0 Å². The number of aliphatic hydroxyl groups excluding tert-OH is 1. The van der Waals surface area contributed by atoms with Crippen LogP contribution in [-0.4, -0.2) is 61.9 Å². The van der Waals surface area contributed by atoms with Crippen LogP contribution in [0.5, 0.6) is 0 Å². The van der Waals surface area contributed by atoms with Crippen molar-refractivity contribution in [2.75, 3.05) is 33.0 Å². The van der Waals surface area contributed by atoms with E-state index in [2.05, 4.69) is 23.8 Å². The fourth-order valence-electron chi connectivity index (χ4n) is 2.48. The topological polar surface area (TPSA) is 114 Å². The van der Waals surface area contributed by atoms with Gasteiger partial charge in [-0.15, -0.1) is 13.2 Å². The summed E-state index contributed by atoms with van der Waals surface area (Å²) < 4.78 is 10.4. The van der Waals surface area contributed by atoms with Crippen LogP contribution in [0, 0.1) is 11.3 Å². The van der Waals surface area contributed by atoms with Crippen LogP contribution in [0.4, 0.5) is 0 Å². The third-order valence-corrected chi connectivity index (χ3v) is 4.38. The molecule has 0 aromatic heterocycles. The van der Waals surface area contributed by atoms with Crippen LogP contribution in [0.15, 0.2) is 25.3 Å². The molecule has 2 amide bonds. The second-order valence-electron chi connectivity index (χ2n) is 8.05. The van der Waals surface area contributed by atoms with E-state index in [0.717, 1.165) is 0 Å². The van der Waals surface area contributed by atoms with E-state index in [1.807, 2.05) is 20.8 Å². The quantitative estimate of drug-likeness (QED) is 0.197. The van der Waals surface area contributed by atoms with E-state index in [4.69, 9.17) is 14.6 Å². The highest BCUT2D eigenvalue weighted by Gasteiger charge is 2.30. The maximum atomic E-state index is 12.8. The van der Waals surface area contributed by atoms with Gasteiger partial charge in [0.05, 0.1) is 31.8 Å². The summed E-state index contributed by atoms with van der Waals surface area (Å²) in [6.07, 6.45) is 4.38. The predicted molar refractivity (Wildman–Crippen MR) is 116 cm³/mol. The summed E-state index contributed by atoms with van der Waals surface area (Å²) in [4.78, 5) is 36.8. The first kappa shape index (κ1) is 27.8. The molecule has 0 aromatic rings. The summed E-state index contributed by atoms with van der Waals surface area (Å²) in [5, 5.41) is 14.3. The highest BCUT2D eigenvalue weighted by atomic mass is 16.5. The van der Waals surface area contributed by atoms with Crippen molar-refractivity contribution in [2.45, 2.75) is 52.5 Å². The van der Waals surface area contributed by atoms with E-state index in [9.17, 15) is 14.4 Å². The lowest BCUT2D eigenvalue weighted by atomic mass is 9.86. The van der Waals surface area contributed by atoms with Crippen LogP contribution < -0.4 is 10.6 Å². The molecule has 0 fully saturated rings. The number of ether oxygens (including phenoxy) is 2. The Balaban J connectivity index is 4.79. The molecule has 0 aliphatic heterocycles. The van der Waals surface area contributed by atoms with E-state index < -0.39 is 12.0 Å². The van der Waals surface area contributed by atoms with Crippen molar-refractivity contribution in [3.05, 3.63) is 25.3 Å². The van der Waals surface area contributed by atoms with Crippen LogP contribution in [0.2, 0.25) is 0 Å². The average molecular weight is 427 g/mol. The largest absolute Gasteiger partial charge is 0.463 e. The first-order valence-corrected chi connectivity index (χ1v) is 10.3. The molecular formula is C22H38N2O6. The molecule has 172 valence electrons. The van der Waals surface area contributed by atoms with E-state index in [1.165, 1.54) is 0 Å². The fraction of sp³-hybridized carbons (Fsp3) is 0.682. The number of hydrogen-bond donors (Lipinski definition) is 3. The first-order chi connectivity index (χ1) is 14.1. The van der Waals surface area contributed by atoms with Gasteiger partial charge in [-0.25, -0.2) is 0 Å². The van der Waals surface area contributed by atoms with Crippen LogP contribution >= 0.6 is 0 Å². The number of carbonyl (C=O) groups excluding carboxylic acids is 3. The summed E-state index contributed by atoms with van der Waals surface area (Å²) >= 11 is 0. The van der Waals surface area contributed by atoms with Gasteiger partial charge >= 0.3 is 5.97 Å². The molecule has 0 heterocycles. The van der Waals surface area contributed by atoms with Crippen molar-refractivity contribution >= 4 is 17.8 Å². The Morgan fingerprint density at radius 3 is 2.40 bits per heavy atom. The van der Waals surface area contributed by atoms with E-state index in [1.54, 1.807) is 12.2 Å². The molecule has 0 aromatic carbocycles. The van der Waals surface area contributed by atoms with Gasteiger partial charge in [-0.05, 0) is 18.3 Å². The highest BCUT2D eigenvalue weighted by Crippen LogP contribution is 2.21. The lowest BCUT2D eigenvalue weighted by molar-refractivity contribution is -0.146. The maximum absolute atomic E-state index is 12.8. The summed E-state index contributed by atoms with van der Waals surface area (Å²) in [6.45, 7) is 13.8. The summed E-state index contributed by atoms with van der Waals surface area (Å²) in [5.74, 6) is -1.48. The fourth-order valence-corrected chi connectivity index (χ4v) is 2.48. The van der Waals surface area contributed by atoms with Gasteiger partial charge in [0.15, 0.2) is 0 Å². The molecule has 8 heteroatoms. The number of carbonyl (C=O) groups is 3. The maximum Gasteiger partial charge on any atom is 0.306 e. The molecule has 2 atom stereocenters. The Kier molecular flexibility index (Phi) is 14.5. The number of hydrogen-bond acceptors (Lipinski definition) is 6. The Morgan fingerprint density at radius 1 is 1.13 bits per heavy atom. The number of aliphatic hydroxyl groups is 1. The average Bonchev–Trinajstić information content (AvgIpc) is 2.67. The molecule has 0 aliphatic carbocycles. The van der Waals surface area contributed by atoms with Gasteiger partial charge in [-0.1, -0.05) is 32.9 Å². The van der Waals surface area contributed by atoms with Crippen molar-refractivity contribution < 1.29 is 29.0 Å². The third-order valence-electron chi connectivity index (χ3n) is 4.38. The Hall–Kier alpha value is -2.19. The summed E-state index contributed by atoms with van der Waals surface area (Å²) in [5.41, 5.74) is -0.348. The van der Waals surface area contributed by atoms with E-state index in [0.29, 0.717) is 19.4 Å².